The standard InChI is InChI=1S/C14H17ClN4O.ClH/c1-9(7-16)17-14(20)13-8-19(18-10(13)2)12-5-3-11(15)4-6-12;/h3-6,8-9H,7,16H2,1-2H3,(H,17,20);1H/t9-;/m0./s1. The van der Waals surface area contributed by atoms with Crippen molar-refractivity contribution in [1.82, 2.24) is 15.1 Å². The summed E-state index contributed by atoms with van der Waals surface area (Å²) in [7, 11) is 0. The number of nitrogens with one attached hydrogen (secondary N) is 1. The molecule has 1 heterocycles. The molecular weight excluding hydrogens is 311 g/mol. The Labute approximate surface area is 134 Å². The number of benzene rings is 1. The highest BCUT2D eigenvalue weighted by molar-refractivity contribution is 6.30. The lowest BCUT2D eigenvalue weighted by atomic mass is 10.2. The van der Waals surface area contributed by atoms with Gasteiger partial charge in [-0.2, -0.15) is 5.10 Å². The number of aryl methyl sites for hydroxylation is 1. The van der Waals surface area contributed by atoms with Crippen LogP contribution in [0.1, 0.15) is 23.0 Å². The summed E-state index contributed by atoms with van der Waals surface area (Å²) in [6.45, 7) is 4.06. The summed E-state index contributed by atoms with van der Waals surface area (Å²) < 4.78 is 1.66. The van der Waals surface area contributed by atoms with E-state index in [1.807, 2.05) is 19.1 Å². The number of amides is 1. The zero-order valence-corrected chi connectivity index (χ0v) is 13.4. The van der Waals surface area contributed by atoms with Gasteiger partial charge in [0.15, 0.2) is 0 Å². The molecule has 0 bridgehead atoms. The Balaban J connectivity index is 0.00000220. The number of carbonyl (C=O) groups excluding carboxylic acids is 1. The molecule has 0 saturated heterocycles. The fourth-order valence-corrected chi connectivity index (χ4v) is 1.90. The fraction of sp³-hybridized carbons (Fsp3) is 0.286. The summed E-state index contributed by atoms with van der Waals surface area (Å²) in [6, 6.07) is 7.19. The van der Waals surface area contributed by atoms with E-state index in [4.69, 9.17) is 17.3 Å². The molecule has 1 atom stereocenters. The summed E-state index contributed by atoms with van der Waals surface area (Å²) in [5, 5.41) is 7.83. The molecule has 3 N–H and O–H groups in total. The normalized spacial score (nSPS) is 11.6. The third-order valence-corrected chi connectivity index (χ3v) is 3.22. The number of nitrogens with two attached hydrogens (primary N) is 1. The topological polar surface area (TPSA) is 72.9 Å². The van der Waals surface area contributed by atoms with E-state index in [1.165, 1.54) is 0 Å². The maximum absolute atomic E-state index is 12.1. The van der Waals surface area contributed by atoms with Crippen LogP contribution < -0.4 is 11.1 Å². The van der Waals surface area contributed by atoms with Crippen molar-refractivity contribution in [3.8, 4) is 5.69 Å². The first kappa shape index (κ1) is 17.5. The Morgan fingerprint density at radius 3 is 2.62 bits per heavy atom. The van der Waals surface area contributed by atoms with E-state index in [-0.39, 0.29) is 24.4 Å². The molecule has 21 heavy (non-hydrogen) atoms. The van der Waals surface area contributed by atoms with Gasteiger partial charge in [0.05, 0.1) is 16.9 Å². The van der Waals surface area contributed by atoms with Gasteiger partial charge in [0, 0.05) is 23.8 Å². The number of hydrogen-bond donors (Lipinski definition) is 2. The van der Waals surface area contributed by atoms with E-state index in [0.29, 0.717) is 22.8 Å². The van der Waals surface area contributed by atoms with Gasteiger partial charge in [-0.1, -0.05) is 11.6 Å². The van der Waals surface area contributed by atoms with Gasteiger partial charge in [-0.3, -0.25) is 4.79 Å². The number of aromatic nitrogens is 2. The molecule has 1 amide bonds. The second-order valence-corrected chi connectivity index (χ2v) is 5.10. The van der Waals surface area contributed by atoms with E-state index in [1.54, 1.807) is 29.9 Å². The minimum atomic E-state index is -0.166. The van der Waals surface area contributed by atoms with Crippen LogP contribution in [0.2, 0.25) is 5.02 Å². The van der Waals surface area contributed by atoms with Crippen molar-refractivity contribution in [3.63, 3.8) is 0 Å². The van der Waals surface area contributed by atoms with Crippen LogP contribution >= 0.6 is 24.0 Å². The zero-order chi connectivity index (χ0) is 14.7. The van der Waals surface area contributed by atoms with Crippen LogP contribution in [0.15, 0.2) is 30.5 Å². The fourth-order valence-electron chi connectivity index (χ4n) is 1.77. The lowest BCUT2D eigenvalue weighted by Gasteiger charge is -2.10. The number of carbonyl (C=O) groups is 1. The van der Waals surface area contributed by atoms with E-state index >= 15 is 0 Å². The summed E-state index contributed by atoms with van der Waals surface area (Å²) in [5.41, 5.74) is 7.56. The van der Waals surface area contributed by atoms with Crippen molar-refractivity contribution >= 4 is 29.9 Å². The zero-order valence-electron chi connectivity index (χ0n) is 11.8. The molecule has 0 saturated carbocycles. The molecule has 0 aliphatic heterocycles. The van der Waals surface area contributed by atoms with Crippen LogP contribution in [-0.4, -0.2) is 28.3 Å². The molecule has 7 heteroatoms. The van der Waals surface area contributed by atoms with E-state index in [2.05, 4.69) is 10.4 Å². The number of rotatable bonds is 4. The Morgan fingerprint density at radius 2 is 2.05 bits per heavy atom. The molecule has 2 aromatic rings. The first-order valence-corrected chi connectivity index (χ1v) is 6.72. The second kappa shape index (κ2) is 7.45. The van der Waals surface area contributed by atoms with Crippen molar-refractivity contribution in [1.29, 1.82) is 0 Å². The molecule has 1 aromatic carbocycles. The van der Waals surface area contributed by atoms with E-state index in [0.717, 1.165) is 5.69 Å². The monoisotopic (exact) mass is 328 g/mol. The molecule has 0 radical (unpaired) electrons. The van der Waals surface area contributed by atoms with Crippen molar-refractivity contribution in [2.45, 2.75) is 19.9 Å². The molecule has 1 aromatic heterocycles. The molecule has 0 unspecified atom stereocenters. The molecule has 5 nitrogen and oxygen atoms in total. The van der Waals surface area contributed by atoms with Gasteiger partial charge in [-0.25, -0.2) is 4.68 Å². The van der Waals surface area contributed by atoms with Crippen LogP contribution in [0.4, 0.5) is 0 Å². The van der Waals surface area contributed by atoms with Crippen molar-refractivity contribution in [2.24, 2.45) is 5.73 Å². The van der Waals surface area contributed by atoms with Gasteiger partial charge in [-0.15, -0.1) is 12.4 Å². The summed E-state index contributed by atoms with van der Waals surface area (Å²) in [6.07, 6.45) is 1.71. The second-order valence-electron chi connectivity index (χ2n) is 4.66. The smallest absolute Gasteiger partial charge is 0.255 e. The van der Waals surface area contributed by atoms with Crippen LogP contribution in [0.25, 0.3) is 5.69 Å². The van der Waals surface area contributed by atoms with Gasteiger partial charge < -0.3 is 11.1 Å². The minimum Gasteiger partial charge on any atom is -0.348 e. The molecule has 0 spiro atoms. The minimum absolute atomic E-state index is 0. The average Bonchev–Trinajstić information content (AvgIpc) is 2.81. The van der Waals surface area contributed by atoms with Gasteiger partial charge in [0.25, 0.3) is 5.91 Å². The van der Waals surface area contributed by atoms with Gasteiger partial charge in [0.2, 0.25) is 0 Å². The number of halogens is 2. The summed E-state index contributed by atoms with van der Waals surface area (Å²) in [5.74, 6) is -0.166. The van der Waals surface area contributed by atoms with Crippen LogP contribution in [0.3, 0.4) is 0 Å². The predicted molar refractivity (Wildman–Crippen MR) is 86.5 cm³/mol. The van der Waals surface area contributed by atoms with Crippen LogP contribution in [0.5, 0.6) is 0 Å². The third-order valence-electron chi connectivity index (χ3n) is 2.97. The molecule has 0 fully saturated rings. The lowest BCUT2D eigenvalue weighted by Crippen LogP contribution is -2.37. The van der Waals surface area contributed by atoms with Crippen LogP contribution in [-0.2, 0) is 0 Å². The highest BCUT2D eigenvalue weighted by Gasteiger charge is 2.15. The Bertz CT molecular complexity index is 610. The molecule has 0 aliphatic carbocycles. The SMILES string of the molecule is Cc1nn(-c2ccc(Cl)cc2)cc1C(=O)N[C@@H](C)CN.Cl. The van der Waals surface area contributed by atoms with Gasteiger partial charge >= 0.3 is 0 Å². The highest BCUT2D eigenvalue weighted by Crippen LogP contribution is 2.15. The highest BCUT2D eigenvalue weighted by atomic mass is 35.5. The van der Waals surface area contributed by atoms with Gasteiger partial charge in [0.1, 0.15) is 0 Å². The molecule has 114 valence electrons. The lowest BCUT2D eigenvalue weighted by molar-refractivity contribution is 0.0940. The van der Waals surface area contributed by atoms with Crippen LogP contribution in [0, 0.1) is 6.92 Å². The first-order chi connectivity index (χ1) is 9.51. The summed E-state index contributed by atoms with van der Waals surface area (Å²) >= 11 is 5.85. The number of nitrogens with zero attached hydrogens (tertiary/aromatic N) is 2. The molecule has 2 rings (SSSR count). The van der Waals surface area contributed by atoms with E-state index < -0.39 is 0 Å². The van der Waals surface area contributed by atoms with E-state index in [9.17, 15) is 4.79 Å². The molecule has 0 aliphatic rings. The quantitative estimate of drug-likeness (QED) is 0.904. The van der Waals surface area contributed by atoms with Crippen molar-refractivity contribution in [3.05, 3.63) is 46.7 Å². The molecular formula is C14H18Cl2N4O. The maximum Gasteiger partial charge on any atom is 0.255 e. The van der Waals surface area contributed by atoms with Crippen molar-refractivity contribution in [2.75, 3.05) is 6.54 Å². The van der Waals surface area contributed by atoms with Gasteiger partial charge in [-0.05, 0) is 38.1 Å². The Hall–Kier alpha value is -1.56. The van der Waals surface area contributed by atoms with Crippen molar-refractivity contribution < 1.29 is 4.79 Å². The number of hydrogen-bond acceptors (Lipinski definition) is 3. The Kier molecular flexibility index (Phi) is 6.20. The first-order valence-electron chi connectivity index (χ1n) is 6.34. The maximum atomic E-state index is 12.1. The third kappa shape index (κ3) is 4.20. The average molecular weight is 329 g/mol. The Morgan fingerprint density at radius 1 is 1.43 bits per heavy atom. The predicted octanol–water partition coefficient (Wildman–Crippen LogP) is 2.33. The largest absolute Gasteiger partial charge is 0.348 e. The summed E-state index contributed by atoms with van der Waals surface area (Å²) in [4.78, 5) is 12.1.